The maximum Gasteiger partial charge on any atom is 0.413 e. The van der Waals surface area contributed by atoms with Gasteiger partial charge >= 0.3 is 6.09 Å². The molecule has 1 amide bonds. The lowest BCUT2D eigenvalue weighted by Gasteiger charge is -2.46. The summed E-state index contributed by atoms with van der Waals surface area (Å²) in [6, 6.07) is 5.15. The molecule has 154 valence electrons. The zero-order valence-electron chi connectivity index (χ0n) is 17.2. The Morgan fingerprint density at radius 1 is 1.36 bits per heavy atom. The Labute approximate surface area is 170 Å². The number of hydrogen-bond donors (Lipinski definition) is 1. The number of thioether (sulfide) groups is 1. The number of nitrogens with zero attached hydrogens (tertiary/aromatic N) is 1. The third-order valence-electron chi connectivity index (χ3n) is 5.30. The van der Waals surface area contributed by atoms with Crippen LogP contribution in [-0.2, 0) is 15.0 Å². The molecule has 7 heteroatoms. The van der Waals surface area contributed by atoms with Crippen molar-refractivity contribution in [2.75, 3.05) is 12.9 Å². The lowest BCUT2D eigenvalue weighted by Crippen LogP contribution is -2.48. The summed E-state index contributed by atoms with van der Waals surface area (Å²) in [6.45, 7) is 7.39. The van der Waals surface area contributed by atoms with Gasteiger partial charge in [0.2, 0.25) is 0 Å². The maximum atomic E-state index is 14.9. The first-order valence-corrected chi connectivity index (χ1v) is 10.6. The fraction of sp³-hybridized carbons (Fsp3) is 0.619. The predicted octanol–water partition coefficient (Wildman–Crippen LogP) is 4.77. The summed E-state index contributed by atoms with van der Waals surface area (Å²) in [4.78, 5) is 17.2. The lowest BCUT2D eigenvalue weighted by molar-refractivity contribution is 0.0191. The van der Waals surface area contributed by atoms with Gasteiger partial charge in [-0.05, 0) is 52.5 Å². The van der Waals surface area contributed by atoms with E-state index in [0.717, 1.165) is 24.2 Å². The standard InChI is InChI=1S/C21H29FN2O3S/c1-13-6-9-17(22)16(10-13)21-11-15(26-5)8-7-14(21)12-28-18(24-21)23-19(25)27-20(2,3)4/h6,9-10,14-15H,7-8,11-12H2,1-5H3,(H,23,24,25)/t14-,15-,21-/m0/s1. The Morgan fingerprint density at radius 2 is 2.11 bits per heavy atom. The number of ether oxygens (including phenoxy) is 2. The number of fused-ring (bicyclic) bond motifs is 1. The van der Waals surface area contributed by atoms with Crippen molar-refractivity contribution in [3.63, 3.8) is 0 Å². The molecule has 1 aliphatic carbocycles. The first-order chi connectivity index (χ1) is 13.1. The number of halogens is 1. The van der Waals surface area contributed by atoms with Crippen LogP contribution in [0.25, 0.3) is 0 Å². The SMILES string of the molecule is CO[C@H]1CC[C@H]2CSC(NC(=O)OC(C)(C)C)=N[C@@]2(c2cc(C)ccc2F)C1. The van der Waals surface area contributed by atoms with Crippen molar-refractivity contribution < 1.29 is 18.7 Å². The van der Waals surface area contributed by atoms with Crippen molar-refractivity contribution in [2.45, 2.75) is 64.2 Å². The topological polar surface area (TPSA) is 59.9 Å². The fourth-order valence-electron chi connectivity index (χ4n) is 4.01. The van der Waals surface area contributed by atoms with E-state index in [2.05, 4.69) is 5.32 Å². The molecule has 0 spiro atoms. The minimum absolute atomic E-state index is 0.00536. The van der Waals surface area contributed by atoms with Crippen LogP contribution in [0.1, 0.15) is 51.2 Å². The highest BCUT2D eigenvalue weighted by atomic mass is 32.2. The van der Waals surface area contributed by atoms with Crippen LogP contribution in [0.3, 0.4) is 0 Å². The molecular formula is C21H29FN2O3S. The van der Waals surface area contributed by atoms with Crippen molar-refractivity contribution in [3.05, 3.63) is 35.1 Å². The maximum absolute atomic E-state index is 14.9. The molecule has 0 saturated heterocycles. The Morgan fingerprint density at radius 3 is 2.79 bits per heavy atom. The highest BCUT2D eigenvalue weighted by Gasteiger charge is 2.49. The number of amidine groups is 1. The molecule has 0 unspecified atom stereocenters. The molecular weight excluding hydrogens is 379 g/mol. The summed E-state index contributed by atoms with van der Waals surface area (Å²) in [7, 11) is 1.69. The average Bonchev–Trinajstić information content (AvgIpc) is 2.61. The van der Waals surface area contributed by atoms with Gasteiger partial charge in [-0.2, -0.15) is 0 Å². The van der Waals surface area contributed by atoms with Gasteiger partial charge in [-0.15, -0.1) is 0 Å². The van der Waals surface area contributed by atoms with Gasteiger partial charge in [0.1, 0.15) is 11.4 Å². The molecule has 1 saturated carbocycles. The van der Waals surface area contributed by atoms with E-state index in [1.807, 2.05) is 33.8 Å². The van der Waals surface area contributed by atoms with Crippen LogP contribution in [0.15, 0.2) is 23.2 Å². The molecule has 3 atom stereocenters. The largest absolute Gasteiger partial charge is 0.444 e. The monoisotopic (exact) mass is 408 g/mol. The number of methoxy groups -OCH3 is 1. The van der Waals surface area contributed by atoms with Crippen LogP contribution in [0.4, 0.5) is 9.18 Å². The minimum Gasteiger partial charge on any atom is -0.444 e. The molecule has 0 bridgehead atoms. The van der Waals surface area contributed by atoms with Crippen molar-refractivity contribution in [3.8, 4) is 0 Å². The minimum atomic E-state index is -0.745. The molecule has 1 fully saturated rings. The summed E-state index contributed by atoms with van der Waals surface area (Å²) in [5, 5.41) is 3.23. The van der Waals surface area contributed by atoms with Crippen molar-refractivity contribution in [1.29, 1.82) is 0 Å². The number of rotatable bonds is 2. The highest BCUT2D eigenvalue weighted by Crippen LogP contribution is 2.50. The Kier molecular flexibility index (Phi) is 6.05. The van der Waals surface area contributed by atoms with E-state index < -0.39 is 17.2 Å². The number of hydrogen-bond acceptors (Lipinski definition) is 5. The molecule has 1 heterocycles. The van der Waals surface area contributed by atoms with Crippen LogP contribution in [-0.4, -0.2) is 35.8 Å². The van der Waals surface area contributed by atoms with Crippen LogP contribution in [0.5, 0.6) is 0 Å². The summed E-state index contributed by atoms with van der Waals surface area (Å²) in [6.07, 6.45) is 1.89. The second-order valence-corrected chi connectivity index (χ2v) is 9.61. The first kappa shape index (κ1) is 21.1. The normalized spacial score (nSPS) is 27.6. The molecule has 28 heavy (non-hydrogen) atoms. The van der Waals surface area contributed by atoms with E-state index in [1.54, 1.807) is 13.2 Å². The molecule has 1 aromatic carbocycles. The second-order valence-electron chi connectivity index (χ2n) is 8.60. The van der Waals surface area contributed by atoms with E-state index in [-0.39, 0.29) is 17.8 Å². The number of carbonyl (C=O) groups is 1. The number of amides is 1. The summed E-state index contributed by atoms with van der Waals surface area (Å²) in [5.41, 5.74) is 0.228. The van der Waals surface area contributed by atoms with Crippen LogP contribution in [0.2, 0.25) is 0 Å². The van der Waals surface area contributed by atoms with E-state index in [0.29, 0.717) is 17.2 Å². The quantitative estimate of drug-likeness (QED) is 0.766. The fourth-order valence-corrected chi connectivity index (χ4v) is 5.19. The van der Waals surface area contributed by atoms with Gasteiger partial charge in [0.15, 0.2) is 5.17 Å². The number of benzene rings is 1. The molecule has 0 radical (unpaired) electrons. The molecule has 0 aromatic heterocycles. The van der Waals surface area contributed by atoms with Gasteiger partial charge in [-0.25, -0.2) is 9.18 Å². The van der Waals surface area contributed by atoms with E-state index in [9.17, 15) is 9.18 Å². The summed E-state index contributed by atoms with van der Waals surface area (Å²) < 4.78 is 25.9. The Bertz CT molecular complexity index is 777. The molecule has 1 N–H and O–H groups in total. The van der Waals surface area contributed by atoms with Crippen molar-refractivity contribution >= 4 is 23.0 Å². The second kappa shape index (κ2) is 8.03. The lowest BCUT2D eigenvalue weighted by atomic mass is 9.68. The van der Waals surface area contributed by atoms with Gasteiger partial charge in [0.05, 0.1) is 11.6 Å². The number of aryl methyl sites for hydroxylation is 1. The van der Waals surface area contributed by atoms with Gasteiger partial charge in [-0.1, -0.05) is 29.5 Å². The van der Waals surface area contributed by atoms with Crippen molar-refractivity contribution in [2.24, 2.45) is 10.9 Å². The van der Waals surface area contributed by atoms with Gasteiger partial charge < -0.3 is 9.47 Å². The third kappa shape index (κ3) is 4.51. The highest BCUT2D eigenvalue weighted by molar-refractivity contribution is 8.13. The smallest absolute Gasteiger partial charge is 0.413 e. The molecule has 1 aromatic rings. The zero-order chi connectivity index (χ0) is 20.5. The van der Waals surface area contributed by atoms with Crippen LogP contribution in [0, 0.1) is 18.7 Å². The third-order valence-corrected chi connectivity index (χ3v) is 6.34. The molecule has 2 aliphatic rings. The number of carbonyl (C=O) groups excluding carboxylic acids is 1. The average molecular weight is 409 g/mol. The van der Waals surface area contributed by atoms with E-state index >= 15 is 0 Å². The number of aliphatic imine (C=N–C) groups is 1. The van der Waals surface area contributed by atoms with Crippen LogP contribution >= 0.6 is 11.8 Å². The Hall–Kier alpha value is -1.60. The van der Waals surface area contributed by atoms with Gasteiger partial charge in [0.25, 0.3) is 0 Å². The van der Waals surface area contributed by atoms with E-state index in [4.69, 9.17) is 14.5 Å². The van der Waals surface area contributed by atoms with Gasteiger partial charge in [-0.3, -0.25) is 10.3 Å². The molecule has 3 rings (SSSR count). The van der Waals surface area contributed by atoms with Crippen LogP contribution < -0.4 is 5.32 Å². The number of alkyl carbamates (subject to hydrolysis) is 1. The summed E-state index contributed by atoms with van der Waals surface area (Å²) in [5.74, 6) is 0.683. The Balaban J connectivity index is 2.00. The molecule has 1 aliphatic heterocycles. The zero-order valence-corrected chi connectivity index (χ0v) is 18.0. The number of nitrogens with one attached hydrogen (secondary N) is 1. The van der Waals surface area contributed by atoms with Gasteiger partial charge in [0, 0.05) is 24.8 Å². The van der Waals surface area contributed by atoms with E-state index in [1.165, 1.54) is 17.8 Å². The molecule has 5 nitrogen and oxygen atoms in total. The van der Waals surface area contributed by atoms with Crippen molar-refractivity contribution in [1.82, 2.24) is 5.32 Å². The first-order valence-electron chi connectivity index (χ1n) is 9.65. The predicted molar refractivity (Wildman–Crippen MR) is 110 cm³/mol. The summed E-state index contributed by atoms with van der Waals surface area (Å²) >= 11 is 1.49.